The molecule has 0 atom stereocenters. The van der Waals surface area contributed by atoms with Crippen LogP contribution < -0.4 is 5.32 Å². The minimum atomic E-state index is -0.322. The molecule has 1 rings (SSSR count). The summed E-state index contributed by atoms with van der Waals surface area (Å²) >= 11 is 3.45. The van der Waals surface area contributed by atoms with E-state index < -0.39 is 0 Å². The Bertz CT molecular complexity index is 404. The van der Waals surface area contributed by atoms with Gasteiger partial charge in [-0.1, -0.05) is 28.1 Å². The van der Waals surface area contributed by atoms with Crippen molar-refractivity contribution in [1.82, 2.24) is 5.32 Å². The first-order valence-corrected chi connectivity index (χ1v) is 6.16. The van der Waals surface area contributed by atoms with E-state index in [1.807, 2.05) is 12.1 Å². The van der Waals surface area contributed by atoms with Crippen LogP contribution in [-0.4, -0.2) is 19.6 Å². The number of benzene rings is 1. The van der Waals surface area contributed by atoms with Gasteiger partial charge in [0.1, 0.15) is 0 Å². The number of rotatable bonds is 6. The minimum Gasteiger partial charge on any atom is -0.465 e. The van der Waals surface area contributed by atoms with Gasteiger partial charge in [-0.2, -0.15) is 0 Å². The van der Waals surface area contributed by atoms with Gasteiger partial charge in [-0.15, -0.1) is 6.58 Å². The molecule has 0 spiro atoms. The third-order valence-corrected chi connectivity index (χ3v) is 3.05. The molecule has 4 heteroatoms. The summed E-state index contributed by atoms with van der Waals surface area (Å²) in [5.41, 5.74) is 1.66. The van der Waals surface area contributed by atoms with Gasteiger partial charge in [0.2, 0.25) is 0 Å². The summed E-state index contributed by atoms with van der Waals surface area (Å²) in [6.45, 7) is 5.32. The molecule has 0 aliphatic carbocycles. The Morgan fingerprint density at radius 2 is 2.35 bits per heavy atom. The molecular weight excluding hydrogens is 282 g/mol. The Morgan fingerprint density at radius 3 is 2.94 bits per heavy atom. The number of hydrogen-bond acceptors (Lipinski definition) is 3. The highest BCUT2D eigenvalue weighted by atomic mass is 79.9. The van der Waals surface area contributed by atoms with Gasteiger partial charge in [-0.05, 0) is 30.7 Å². The minimum absolute atomic E-state index is 0.322. The summed E-state index contributed by atoms with van der Waals surface area (Å²) in [6.07, 6.45) is 2.82. The first kappa shape index (κ1) is 13.9. The number of hydrogen-bond donors (Lipinski definition) is 1. The van der Waals surface area contributed by atoms with Crippen LogP contribution in [0.4, 0.5) is 0 Å². The van der Waals surface area contributed by atoms with Gasteiger partial charge in [0.15, 0.2) is 0 Å². The molecule has 0 radical (unpaired) electrons. The first-order valence-electron chi connectivity index (χ1n) is 5.37. The van der Waals surface area contributed by atoms with Gasteiger partial charge in [0.25, 0.3) is 0 Å². The van der Waals surface area contributed by atoms with Gasteiger partial charge in [-0.25, -0.2) is 4.79 Å². The van der Waals surface area contributed by atoms with E-state index in [1.54, 1.807) is 12.1 Å². The van der Waals surface area contributed by atoms with Crippen LogP contribution in [0.3, 0.4) is 0 Å². The lowest BCUT2D eigenvalue weighted by Gasteiger charge is -2.07. The fraction of sp³-hybridized carbons (Fsp3) is 0.308. The van der Waals surface area contributed by atoms with Crippen molar-refractivity contribution in [2.75, 3.05) is 13.7 Å². The normalized spacial score (nSPS) is 10.0. The van der Waals surface area contributed by atoms with Crippen LogP contribution in [0.1, 0.15) is 22.3 Å². The number of ether oxygens (including phenoxy) is 1. The number of esters is 1. The molecule has 17 heavy (non-hydrogen) atoms. The van der Waals surface area contributed by atoms with Crippen molar-refractivity contribution in [3.63, 3.8) is 0 Å². The molecule has 0 saturated carbocycles. The molecule has 0 heterocycles. The highest BCUT2D eigenvalue weighted by Crippen LogP contribution is 2.19. The molecule has 0 fully saturated rings. The second kappa shape index (κ2) is 7.25. The van der Waals surface area contributed by atoms with Crippen molar-refractivity contribution in [2.24, 2.45) is 0 Å². The van der Waals surface area contributed by atoms with Crippen LogP contribution >= 0.6 is 15.9 Å². The first-order chi connectivity index (χ1) is 8.19. The van der Waals surface area contributed by atoms with E-state index in [1.165, 1.54) is 7.11 Å². The van der Waals surface area contributed by atoms with Gasteiger partial charge >= 0.3 is 5.97 Å². The fourth-order valence-corrected chi connectivity index (χ4v) is 1.88. The van der Waals surface area contributed by atoms with E-state index >= 15 is 0 Å². The fourth-order valence-electron chi connectivity index (χ4n) is 1.36. The average Bonchev–Trinajstić information content (AvgIpc) is 2.35. The van der Waals surface area contributed by atoms with Crippen LogP contribution in [0.5, 0.6) is 0 Å². The Labute approximate surface area is 110 Å². The third-order valence-electron chi connectivity index (χ3n) is 2.31. The maximum Gasteiger partial charge on any atom is 0.337 e. The topological polar surface area (TPSA) is 38.3 Å². The lowest BCUT2D eigenvalue weighted by atomic mass is 10.1. The molecule has 0 saturated heterocycles. The molecule has 1 N–H and O–H groups in total. The van der Waals surface area contributed by atoms with E-state index in [4.69, 9.17) is 0 Å². The maximum absolute atomic E-state index is 11.3. The predicted octanol–water partition coefficient (Wildman–Crippen LogP) is 2.90. The molecule has 0 aromatic heterocycles. The lowest BCUT2D eigenvalue weighted by Crippen LogP contribution is -2.14. The Morgan fingerprint density at radius 1 is 1.59 bits per heavy atom. The molecule has 3 nitrogen and oxygen atoms in total. The second-order valence-electron chi connectivity index (χ2n) is 3.55. The third kappa shape index (κ3) is 4.32. The van der Waals surface area contributed by atoms with Crippen molar-refractivity contribution < 1.29 is 9.53 Å². The number of methoxy groups -OCH3 is 1. The molecule has 1 aromatic rings. The molecule has 92 valence electrons. The summed E-state index contributed by atoms with van der Waals surface area (Å²) < 4.78 is 5.57. The second-order valence-corrected chi connectivity index (χ2v) is 4.41. The monoisotopic (exact) mass is 297 g/mol. The largest absolute Gasteiger partial charge is 0.465 e. The molecule has 0 unspecified atom stereocenters. The standard InChI is InChI=1S/C13H16BrNO2/c1-3-4-7-15-9-11-6-5-10(8-12(11)14)13(16)17-2/h3,5-6,8,15H,1,4,7,9H2,2H3. The summed E-state index contributed by atoms with van der Waals surface area (Å²) in [5.74, 6) is -0.322. The number of carbonyl (C=O) groups is 1. The molecule has 0 amide bonds. The van der Waals surface area contributed by atoms with Gasteiger partial charge in [0.05, 0.1) is 12.7 Å². The zero-order chi connectivity index (χ0) is 12.7. The summed E-state index contributed by atoms with van der Waals surface area (Å²) in [7, 11) is 1.38. The van der Waals surface area contributed by atoms with Crippen LogP contribution in [0.2, 0.25) is 0 Å². The van der Waals surface area contributed by atoms with E-state index in [0.717, 1.165) is 29.5 Å². The molecule has 0 aliphatic rings. The summed E-state index contributed by atoms with van der Waals surface area (Å²) in [6, 6.07) is 5.45. The van der Waals surface area contributed by atoms with E-state index in [9.17, 15) is 4.79 Å². The van der Waals surface area contributed by atoms with Gasteiger partial charge in [0, 0.05) is 11.0 Å². The van der Waals surface area contributed by atoms with Crippen molar-refractivity contribution in [3.05, 3.63) is 46.5 Å². The van der Waals surface area contributed by atoms with Crippen molar-refractivity contribution in [1.29, 1.82) is 0 Å². The zero-order valence-corrected chi connectivity index (χ0v) is 11.4. The van der Waals surface area contributed by atoms with Gasteiger partial charge < -0.3 is 10.1 Å². The Balaban J connectivity index is 2.63. The average molecular weight is 298 g/mol. The molecule has 1 aromatic carbocycles. The van der Waals surface area contributed by atoms with Crippen molar-refractivity contribution >= 4 is 21.9 Å². The quantitative estimate of drug-likeness (QED) is 0.498. The SMILES string of the molecule is C=CCCNCc1ccc(C(=O)OC)cc1Br. The van der Waals surface area contributed by atoms with Crippen molar-refractivity contribution in [2.45, 2.75) is 13.0 Å². The molecule has 0 aliphatic heterocycles. The number of halogens is 1. The van der Waals surface area contributed by atoms with E-state index in [-0.39, 0.29) is 5.97 Å². The van der Waals surface area contributed by atoms with Crippen molar-refractivity contribution in [3.8, 4) is 0 Å². The van der Waals surface area contributed by atoms with E-state index in [2.05, 4.69) is 32.6 Å². The highest BCUT2D eigenvalue weighted by Gasteiger charge is 2.07. The van der Waals surface area contributed by atoms with Gasteiger partial charge in [-0.3, -0.25) is 0 Å². The number of carbonyl (C=O) groups excluding carboxylic acids is 1. The smallest absolute Gasteiger partial charge is 0.337 e. The molecule has 0 bridgehead atoms. The molecular formula is C13H16BrNO2. The van der Waals surface area contributed by atoms with E-state index in [0.29, 0.717) is 5.56 Å². The summed E-state index contributed by atoms with van der Waals surface area (Å²) in [5, 5.41) is 3.29. The van der Waals surface area contributed by atoms with Crippen LogP contribution in [-0.2, 0) is 11.3 Å². The van der Waals surface area contributed by atoms with Crippen LogP contribution in [0, 0.1) is 0 Å². The van der Waals surface area contributed by atoms with Crippen LogP contribution in [0.25, 0.3) is 0 Å². The predicted molar refractivity (Wildman–Crippen MR) is 72.0 cm³/mol. The zero-order valence-electron chi connectivity index (χ0n) is 9.83. The number of nitrogens with one attached hydrogen (secondary N) is 1. The van der Waals surface area contributed by atoms with Crippen LogP contribution in [0.15, 0.2) is 35.3 Å². The summed E-state index contributed by atoms with van der Waals surface area (Å²) in [4.78, 5) is 11.3. The Kier molecular flexibility index (Phi) is 5.94. The lowest BCUT2D eigenvalue weighted by molar-refractivity contribution is 0.0600. The highest BCUT2D eigenvalue weighted by molar-refractivity contribution is 9.10. The maximum atomic E-state index is 11.3. The Hall–Kier alpha value is -1.13.